The second-order valence-electron chi connectivity index (χ2n) is 4.44. The van der Waals surface area contributed by atoms with Crippen LogP contribution in [0.25, 0.3) is 0 Å². The highest BCUT2D eigenvalue weighted by Gasteiger charge is 2.32. The number of anilines is 1. The fourth-order valence-electron chi connectivity index (χ4n) is 1.34. The van der Waals surface area contributed by atoms with E-state index in [1.807, 2.05) is 0 Å². The van der Waals surface area contributed by atoms with E-state index in [1.165, 1.54) is 0 Å². The molecule has 1 heterocycles. The van der Waals surface area contributed by atoms with E-state index >= 15 is 0 Å². The van der Waals surface area contributed by atoms with Gasteiger partial charge >= 0.3 is 6.18 Å². The lowest BCUT2D eigenvalue weighted by molar-refractivity contribution is -0.141. The number of aromatic nitrogens is 1. The molecule has 6 nitrogen and oxygen atoms in total. The summed E-state index contributed by atoms with van der Waals surface area (Å²) in [6, 6.07) is 0.677. The minimum absolute atomic E-state index is 0.0443. The van der Waals surface area contributed by atoms with Crippen LogP contribution in [0.2, 0.25) is 0 Å². The number of hydrogen-bond donors (Lipinski definition) is 2. The standard InChI is InChI=1S/C11H14F3N3O3S/c1-21(19,20)5-4-8(15)10(18)17-7-2-3-9(16-6-7)11(12,13)14/h2-3,6,8H,4-5,15H2,1H3,(H,17,18). The summed E-state index contributed by atoms with van der Waals surface area (Å²) in [6.45, 7) is 0. The highest BCUT2D eigenvalue weighted by Crippen LogP contribution is 2.27. The highest BCUT2D eigenvalue weighted by molar-refractivity contribution is 7.90. The van der Waals surface area contributed by atoms with Crippen LogP contribution in [0.4, 0.5) is 18.9 Å². The molecule has 0 aliphatic carbocycles. The van der Waals surface area contributed by atoms with Crippen molar-refractivity contribution in [3.63, 3.8) is 0 Å². The molecule has 21 heavy (non-hydrogen) atoms. The van der Waals surface area contributed by atoms with Crippen LogP contribution in [-0.4, -0.2) is 37.4 Å². The lowest BCUT2D eigenvalue weighted by atomic mass is 10.2. The first-order chi connectivity index (χ1) is 9.49. The maximum atomic E-state index is 12.3. The number of nitrogens with two attached hydrogens (primary N) is 1. The quantitative estimate of drug-likeness (QED) is 0.834. The van der Waals surface area contributed by atoms with Crippen molar-refractivity contribution in [1.82, 2.24) is 4.98 Å². The third kappa shape index (κ3) is 6.08. The van der Waals surface area contributed by atoms with Crippen molar-refractivity contribution in [2.45, 2.75) is 18.6 Å². The van der Waals surface area contributed by atoms with Gasteiger partial charge in [-0.1, -0.05) is 0 Å². The first kappa shape index (κ1) is 17.4. The van der Waals surface area contributed by atoms with Crippen molar-refractivity contribution in [3.8, 4) is 0 Å². The van der Waals surface area contributed by atoms with E-state index in [-0.39, 0.29) is 17.9 Å². The molecule has 1 aromatic heterocycles. The molecule has 3 N–H and O–H groups in total. The summed E-state index contributed by atoms with van der Waals surface area (Å²) >= 11 is 0. The van der Waals surface area contributed by atoms with E-state index in [4.69, 9.17) is 5.73 Å². The van der Waals surface area contributed by atoms with Crippen LogP contribution in [0, 0.1) is 0 Å². The summed E-state index contributed by atoms with van der Waals surface area (Å²) in [5.41, 5.74) is 4.46. The van der Waals surface area contributed by atoms with Crippen LogP contribution in [0.1, 0.15) is 12.1 Å². The van der Waals surface area contributed by atoms with Gasteiger partial charge in [-0.15, -0.1) is 0 Å². The molecule has 1 unspecified atom stereocenters. The fourth-order valence-corrected chi connectivity index (χ4v) is 2.02. The van der Waals surface area contributed by atoms with E-state index in [0.29, 0.717) is 0 Å². The zero-order valence-corrected chi connectivity index (χ0v) is 11.8. The molecule has 1 rings (SSSR count). The summed E-state index contributed by atoms with van der Waals surface area (Å²) in [7, 11) is -3.24. The largest absolute Gasteiger partial charge is 0.433 e. The zero-order chi connectivity index (χ0) is 16.3. The number of carbonyl (C=O) groups excluding carboxylic acids is 1. The van der Waals surface area contributed by atoms with Crippen molar-refractivity contribution in [2.75, 3.05) is 17.3 Å². The van der Waals surface area contributed by atoms with Crippen molar-refractivity contribution < 1.29 is 26.4 Å². The fraction of sp³-hybridized carbons (Fsp3) is 0.455. The molecular formula is C11H14F3N3O3S. The molecule has 0 saturated carbocycles. The number of nitrogens with zero attached hydrogens (tertiary/aromatic N) is 1. The van der Waals surface area contributed by atoms with Gasteiger partial charge in [0.1, 0.15) is 15.5 Å². The number of rotatable bonds is 5. The Morgan fingerprint density at radius 3 is 2.48 bits per heavy atom. The van der Waals surface area contributed by atoms with Gasteiger partial charge in [0.15, 0.2) is 0 Å². The SMILES string of the molecule is CS(=O)(=O)CCC(N)C(=O)Nc1ccc(C(F)(F)F)nc1. The second kappa shape index (κ2) is 6.39. The molecule has 0 fully saturated rings. The molecule has 0 aromatic carbocycles. The predicted molar refractivity (Wildman–Crippen MR) is 70.2 cm³/mol. The van der Waals surface area contributed by atoms with Gasteiger partial charge in [-0.2, -0.15) is 13.2 Å². The van der Waals surface area contributed by atoms with Crippen molar-refractivity contribution in [2.24, 2.45) is 5.73 Å². The number of alkyl halides is 3. The highest BCUT2D eigenvalue weighted by atomic mass is 32.2. The Morgan fingerprint density at radius 2 is 2.05 bits per heavy atom. The molecule has 1 aromatic rings. The van der Waals surface area contributed by atoms with Gasteiger partial charge in [0, 0.05) is 6.26 Å². The van der Waals surface area contributed by atoms with Crippen LogP contribution in [0.3, 0.4) is 0 Å². The molecule has 118 valence electrons. The van der Waals surface area contributed by atoms with Crippen molar-refractivity contribution in [1.29, 1.82) is 0 Å². The number of amides is 1. The van der Waals surface area contributed by atoms with E-state index in [2.05, 4.69) is 10.3 Å². The topological polar surface area (TPSA) is 102 Å². The molecule has 0 aliphatic heterocycles. The van der Waals surface area contributed by atoms with Gasteiger partial charge in [0.25, 0.3) is 0 Å². The summed E-state index contributed by atoms with van der Waals surface area (Å²) in [4.78, 5) is 14.8. The number of carbonyl (C=O) groups is 1. The van der Waals surface area contributed by atoms with Crippen LogP contribution >= 0.6 is 0 Å². The summed E-state index contributed by atoms with van der Waals surface area (Å²) in [5.74, 6) is -0.951. The van der Waals surface area contributed by atoms with Gasteiger partial charge in [0.2, 0.25) is 5.91 Å². The molecule has 0 spiro atoms. The first-order valence-electron chi connectivity index (χ1n) is 5.76. The lowest BCUT2D eigenvalue weighted by Gasteiger charge is -2.12. The number of pyridine rings is 1. The average molecular weight is 325 g/mol. The smallest absolute Gasteiger partial charge is 0.323 e. The number of hydrogen-bond acceptors (Lipinski definition) is 5. The minimum atomic E-state index is -4.56. The Bertz CT molecular complexity index is 599. The summed E-state index contributed by atoms with van der Waals surface area (Å²) < 4.78 is 58.8. The van der Waals surface area contributed by atoms with Crippen LogP contribution in [0.5, 0.6) is 0 Å². The van der Waals surface area contributed by atoms with Gasteiger partial charge in [-0.3, -0.25) is 4.79 Å². The molecule has 0 bridgehead atoms. The monoisotopic (exact) mass is 325 g/mol. The molecule has 0 radical (unpaired) electrons. The zero-order valence-electron chi connectivity index (χ0n) is 11.0. The number of nitrogens with one attached hydrogen (secondary N) is 1. The lowest BCUT2D eigenvalue weighted by Crippen LogP contribution is -2.37. The van der Waals surface area contributed by atoms with E-state index < -0.39 is 33.7 Å². The van der Waals surface area contributed by atoms with Gasteiger partial charge < -0.3 is 11.1 Å². The van der Waals surface area contributed by atoms with E-state index in [9.17, 15) is 26.4 Å². The first-order valence-corrected chi connectivity index (χ1v) is 7.82. The molecule has 1 amide bonds. The molecule has 1 atom stereocenters. The third-order valence-electron chi connectivity index (χ3n) is 2.46. The maximum absolute atomic E-state index is 12.3. The maximum Gasteiger partial charge on any atom is 0.433 e. The molecule has 0 aliphatic rings. The Kier molecular flexibility index (Phi) is 5.29. The Labute approximate surface area is 119 Å². The number of halogens is 3. The molecule has 10 heteroatoms. The van der Waals surface area contributed by atoms with Crippen LogP contribution in [0.15, 0.2) is 18.3 Å². The van der Waals surface area contributed by atoms with Crippen LogP contribution < -0.4 is 11.1 Å². The minimum Gasteiger partial charge on any atom is -0.323 e. The normalized spacial score (nSPS) is 13.8. The molecule has 0 saturated heterocycles. The summed E-state index contributed by atoms with van der Waals surface area (Å²) in [5, 5.41) is 2.27. The van der Waals surface area contributed by atoms with Gasteiger partial charge in [-0.25, -0.2) is 13.4 Å². The van der Waals surface area contributed by atoms with E-state index in [0.717, 1.165) is 24.6 Å². The Balaban J connectivity index is 2.62. The van der Waals surface area contributed by atoms with E-state index in [1.54, 1.807) is 0 Å². The Morgan fingerprint density at radius 1 is 1.43 bits per heavy atom. The molecular weight excluding hydrogens is 311 g/mol. The van der Waals surface area contributed by atoms with Crippen molar-refractivity contribution >= 4 is 21.4 Å². The Hall–Kier alpha value is -1.68. The number of sulfone groups is 1. The average Bonchev–Trinajstić information content (AvgIpc) is 2.34. The predicted octanol–water partition coefficient (Wildman–Crippen LogP) is 0.801. The second-order valence-corrected chi connectivity index (χ2v) is 6.70. The van der Waals surface area contributed by atoms with Crippen LogP contribution in [-0.2, 0) is 20.8 Å². The van der Waals surface area contributed by atoms with Gasteiger partial charge in [0.05, 0.1) is 23.7 Å². The summed E-state index contributed by atoms with van der Waals surface area (Å²) in [6.07, 6.45) is -2.78. The van der Waals surface area contributed by atoms with Gasteiger partial charge in [-0.05, 0) is 18.6 Å². The third-order valence-corrected chi connectivity index (χ3v) is 3.44. The van der Waals surface area contributed by atoms with Crippen molar-refractivity contribution in [3.05, 3.63) is 24.0 Å².